The number of aryl methyl sites for hydroxylation is 2. The average Bonchev–Trinajstić information content (AvgIpc) is 2.97. The van der Waals surface area contributed by atoms with Gasteiger partial charge in [-0.1, -0.05) is 29.3 Å². The largest absolute Gasteiger partial charge is 0.342 e. The van der Waals surface area contributed by atoms with Crippen molar-refractivity contribution in [2.75, 3.05) is 18.4 Å². The number of rotatable bonds is 5. The molecule has 1 fully saturated rings. The van der Waals surface area contributed by atoms with E-state index in [1.54, 1.807) is 0 Å². The zero-order chi connectivity index (χ0) is 17.8. The Morgan fingerprint density at radius 3 is 2.84 bits per heavy atom. The molecule has 4 heteroatoms. The van der Waals surface area contributed by atoms with E-state index in [1.807, 2.05) is 30.9 Å². The number of nitrogens with one attached hydrogen (secondary N) is 1. The second-order valence-electron chi connectivity index (χ2n) is 7.41. The van der Waals surface area contributed by atoms with Gasteiger partial charge in [0.2, 0.25) is 11.8 Å². The highest BCUT2D eigenvalue weighted by Crippen LogP contribution is 2.25. The SMILES string of the molecule is Cc1ccc(NC(=O)C2CC(=O)N(CCC3=CCCCC3)C2)c(C)c1. The molecule has 4 nitrogen and oxygen atoms in total. The number of likely N-dealkylation sites (tertiary alicyclic amines) is 1. The molecule has 1 aromatic carbocycles. The number of hydrogen-bond donors (Lipinski definition) is 1. The maximum Gasteiger partial charge on any atom is 0.229 e. The molecule has 0 bridgehead atoms. The standard InChI is InChI=1S/C21H28N2O2/c1-15-8-9-19(16(2)12-15)22-21(25)18-13-20(24)23(14-18)11-10-17-6-4-3-5-7-17/h6,8-9,12,18H,3-5,7,10-11,13-14H2,1-2H3,(H,22,25). The van der Waals surface area contributed by atoms with Gasteiger partial charge in [0.15, 0.2) is 0 Å². The minimum atomic E-state index is -0.242. The molecule has 2 aliphatic rings. The first-order chi connectivity index (χ1) is 12.0. The summed E-state index contributed by atoms with van der Waals surface area (Å²) in [5, 5.41) is 3.00. The van der Waals surface area contributed by atoms with Crippen molar-refractivity contribution in [3.8, 4) is 0 Å². The fraction of sp³-hybridized carbons (Fsp3) is 0.524. The summed E-state index contributed by atoms with van der Waals surface area (Å²) in [6, 6.07) is 5.99. The second kappa shape index (κ2) is 7.85. The molecule has 1 unspecified atom stereocenters. The van der Waals surface area contributed by atoms with Gasteiger partial charge >= 0.3 is 0 Å². The van der Waals surface area contributed by atoms with Crippen LogP contribution in [0.2, 0.25) is 0 Å². The summed E-state index contributed by atoms with van der Waals surface area (Å²) < 4.78 is 0. The monoisotopic (exact) mass is 340 g/mol. The third kappa shape index (κ3) is 4.50. The van der Waals surface area contributed by atoms with Crippen molar-refractivity contribution in [2.24, 2.45) is 5.92 Å². The lowest BCUT2D eigenvalue weighted by Crippen LogP contribution is -2.29. The Bertz CT molecular complexity index is 693. The van der Waals surface area contributed by atoms with E-state index in [1.165, 1.54) is 36.8 Å². The maximum atomic E-state index is 12.5. The lowest BCUT2D eigenvalue weighted by molar-refractivity contribution is -0.128. The fourth-order valence-corrected chi connectivity index (χ4v) is 3.76. The normalized spacial score (nSPS) is 20.6. The molecule has 1 saturated heterocycles. The Hall–Kier alpha value is -2.10. The number of amides is 2. The number of allylic oxidation sites excluding steroid dienone is 1. The van der Waals surface area contributed by atoms with E-state index in [2.05, 4.69) is 17.5 Å². The van der Waals surface area contributed by atoms with Gasteiger partial charge in [0.25, 0.3) is 0 Å². The maximum absolute atomic E-state index is 12.5. The topological polar surface area (TPSA) is 49.4 Å². The van der Waals surface area contributed by atoms with Crippen LogP contribution in [0.25, 0.3) is 0 Å². The van der Waals surface area contributed by atoms with Crippen LogP contribution in [0, 0.1) is 19.8 Å². The van der Waals surface area contributed by atoms with E-state index in [4.69, 9.17) is 0 Å². The van der Waals surface area contributed by atoms with Crippen LogP contribution in [-0.4, -0.2) is 29.8 Å². The Morgan fingerprint density at radius 1 is 1.28 bits per heavy atom. The van der Waals surface area contributed by atoms with Gasteiger partial charge in [0, 0.05) is 25.2 Å². The molecular formula is C21H28N2O2. The highest BCUT2D eigenvalue weighted by Gasteiger charge is 2.34. The van der Waals surface area contributed by atoms with Crippen molar-refractivity contribution in [2.45, 2.75) is 52.4 Å². The van der Waals surface area contributed by atoms with Gasteiger partial charge in [0.1, 0.15) is 0 Å². The molecule has 3 rings (SSSR count). The van der Waals surface area contributed by atoms with Crippen LogP contribution in [0.4, 0.5) is 5.69 Å². The van der Waals surface area contributed by atoms with Gasteiger partial charge in [-0.2, -0.15) is 0 Å². The molecule has 1 atom stereocenters. The van der Waals surface area contributed by atoms with Crippen LogP contribution >= 0.6 is 0 Å². The van der Waals surface area contributed by atoms with Crippen LogP contribution in [0.5, 0.6) is 0 Å². The zero-order valence-corrected chi connectivity index (χ0v) is 15.3. The second-order valence-corrected chi connectivity index (χ2v) is 7.41. The van der Waals surface area contributed by atoms with Crippen molar-refractivity contribution in [1.82, 2.24) is 4.90 Å². The smallest absolute Gasteiger partial charge is 0.229 e. The van der Waals surface area contributed by atoms with E-state index >= 15 is 0 Å². The Kier molecular flexibility index (Phi) is 5.57. The molecule has 0 saturated carbocycles. The third-order valence-electron chi connectivity index (χ3n) is 5.31. The van der Waals surface area contributed by atoms with Crippen molar-refractivity contribution in [3.05, 3.63) is 41.0 Å². The molecule has 1 aromatic rings. The minimum absolute atomic E-state index is 0.0420. The molecule has 1 aliphatic heterocycles. The molecule has 25 heavy (non-hydrogen) atoms. The van der Waals surface area contributed by atoms with Gasteiger partial charge in [-0.25, -0.2) is 0 Å². The number of carbonyl (C=O) groups is 2. The quantitative estimate of drug-likeness (QED) is 0.824. The van der Waals surface area contributed by atoms with Crippen molar-refractivity contribution in [3.63, 3.8) is 0 Å². The fourth-order valence-electron chi connectivity index (χ4n) is 3.76. The van der Waals surface area contributed by atoms with Crippen LogP contribution in [0.1, 0.15) is 49.7 Å². The number of anilines is 1. The van der Waals surface area contributed by atoms with Crippen LogP contribution in [0.3, 0.4) is 0 Å². The molecule has 1 N–H and O–H groups in total. The predicted molar refractivity (Wildman–Crippen MR) is 100 cm³/mol. The first-order valence-corrected chi connectivity index (χ1v) is 9.37. The number of hydrogen-bond acceptors (Lipinski definition) is 2. The van der Waals surface area contributed by atoms with E-state index < -0.39 is 0 Å². The number of carbonyl (C=O) groups excluding carboxylic acids is 2. The number of nitrogens with zero attached hydrogens (tertiary/aromatic N) is 1. The summed E-state index contributed by atoms with van der Waals surface area (Å²) >= 11 is 0. The first-order valence-electron chi connectivity index (χ1n) is 9.37. The Morgan fingerprint density at radius 2 is 2.12 bits per heavy atom. The number of benzene rings is 1. The summed E-state index contributed by atoms with van der Waals surface area (Å²) in [4.78, 5) is 26.7. The van der Waals surface area contributed by atoms with Crippen molar-refractivity contribution in [1.29, 1.82) is 0 Å². The van der Waals surface area contributed by atoms with Gasteiger partial charge in [-0.05, 0) is 57.6 Å². The summed E-state index contributed by atoms with van der Waals surface area (Å²) in [6.07, 6.45) is 8.50. The van der Waals surface area contributed by atoms with Gasteiger partial charge in [-0.15, -0.1) is 0 Å². The first kappa shape index (κ1) is 17.7. The Balaban J connectivity index is 1.54. The Labute approximate surface area is 150 Å². The predicted octanol–water partition coefficient (Wildman–Crippen LogP) is 3.98. The molecular weight excluding hydrogens is 312 g/mol. The third-order valence-corrected chi connectivity index (χ3v) is 5.31. The lowest BCUT2D eigenvalue weighted by atomic mass is 9.97. The average molecular weight is 340 g/mol. The van der Waals surface area contributed by atoms with Crippen molar-refractivity contribution >= 4 is 17.5 Å². The van der Waals surface area contributed by atoms with Crippen LogP contribution in [-0.2, 0) is 9.59 Å². The van der Waals surface area contributed by atoms with Gasteiger partial charge in [-0.3, -0.25) is 9.59 Å². The molecule has 1 heterocycles. The highest BCUT2D eigenvalue weighted by atomic mass is 16.2. The van der Waals surface area contributed by atoms with E-state index in [0.717, 1.165) is 24.2 Å². The van der Waals surface area contributed by atoms with Gasteiger partial charge in [0.05, 0.1) is 5.92 Å². The minimum Gasteiger partial charge on any atom is -0.342 e. The van der Waals surface area contributed by atoms with Crippen LogP contribution in [0.15, 0.2) is 29.8 Å². The van der Waals surface area contributed by atoms with E-state index in [0.29, 0.717) is 13.0 Å². The van der Waals surface area contributed by atoms with Crippen molar-refractivity contribution < 1.29 is 9.59 Å². The molecule has 1 aliphatic carbocycles. The molecule has 0 radical (unpaired) electrons. The molecule has 134 valence electrons. The van der Waals surface area contributed by atoms with Gasteiger partial charge < -0.3 is 10.2 Å². The molecule has 0 spiro atoms. The molecule has 2 amide bonds. The highest BCUT2D eigenvalue weighted by molar-refractivity contribution is 5.97. The molecule has 0 aromatic heterocycles. The van der Waals surface area contributed by atoms with E-state index in [-0.39, 0.29) is 17.7 Å². The lowest BCUT2D eigenvalue weighted by Gasteiger charge is -2.19. The van der Waals surface area contributed by atoms with E-state index in [9.17, 15) is 9.59 Å². The summed E-state index contributed by atoms with van der Waals surface area (Å²) in [6.45, 7) is 5.32. The zero-order valence-electron chi connectivity index (χ0n) is 15.3. The van der Waals surface area contributed by atoms with Crippen LogP contribution < -0.4 is 5.32 Å². The summed E-state index contributed by atoms with van der Waals surface area (Å²) in [5.74, 6) is -0.176. The summed E-state index contributed by atoms with van der Waals surface area (Å²) in [7, 11) is 0. The summed E-state index contributed by atoms with van der Waals surface area (Å²) in [5.41, 5.74) is 4.55.